The first-order valence-corrected chi connectivity index (χ1v) is 5.63. The third kappa shape index (κ3) is 3.21. The summed E-state index contributed by atoms with van der Waals surface area (Å²) in [5.41, 5.74) is 1.06. The van der Waals surface area contributed by atoms with Crippen molar-refractivity contribution in [3.05, 3.63) is 60.4 Å². The van der Waals surface area contributed by atoms with Crippen LogP contribution >= 0.6 is 0 Å². The Morgan fingerprint density at radius 3 is 2.35 bits per heavy atom. The summed E-state index contributed by atoms with van der Waals surface area (Å²) >= 11 is 0. The van der Waals surface area contributed by atoms with E-state index in [9.17, 15) is 9.90 Å². The van der Waals surface area contributed by atoms with Crippen molar-refractivity contribution in [1.82, 2.24) is 4.57 Å². The summed E-state index contributed by atoms with van der Waals surface area (Å²) in [6.07, 6.45) is 4.34. The molecule has 0 aliphatic rings. The second kappa shape index (κ2) is 5.34. The molecule has 0 bridgehead atoms. The molecular weight excluding hydrogens is 214 g/mol. The molecule has 0 spiro atoms. The van der Waals surface area contributed by atoms with Crippen LogP contribution < -0.4 is 0 Å². The minimum absolute atomic E-state index is 0.384. The predicted octanol–water partition coefficient (Wildman–Crippen LogP) is 2.43. The molecule has 0 amide bonds. The molecule has 2 aromatic rings. The zero-order valence-electron chi connectivity index (χ0n) is 9.49. The number of rotatable bonds is 5. The van der Waals surface area contributed by atoms with Crippen LogP contribution in [0.25, 0.3) is 0 Å². The number of benzene rings is 1. The third-order valence-electron chi connectivity index (χ3n) is 2.77. The van der Waals surface area contributed by atoms with Gasteiger partial charge in [-0.15, -0.1) is 0 Å². The lowest BCUT2D eigenvalue weighted by Gasteiger charge is -2.13. The van der Waals surface area contributed by atoms with Gasteiger partial charge in [-0.3, -0.25) is 4.79 Å². The summed E-state index contributed by atoms with van der Waals surface area (Å²) in [4.78, 5) is 11.2. The minimum atomic E-state index is -0.748. The normalized spacial score (nSPS) is 12.2. The molecule has 0 aliphatic carbocycles. The first kappa shape index (κ1) is 11.5. The minimum Gasteiger partial charge on any atom is -0.481 e. The van der Waals surface area contributed by atoms with Gasteiger partial charge >= 0.3 is 5.97 Å². The zero-order chi connectivity index (χ0) is 12.1. The monoisotopic (exact) mass is 229 g/mol. The van der Waals surface area contributed by atoms with E-state index in [1.54, 1.807) is 0 Å². The molecule has 0 fully saturated rings. The Morgan fingerprint density at radius 1 is 1.12 bits per heavy atom. The lowest BCUT2D eigenvalue weighted by molar-refractivity contribution is -0.142. The van der Waals surface area contributed by atoms with Crippen molar-refractivity contribution in [2.24, 2.45) is 5.92 Å². The summed E-state index contributed by atoms with van der Waals surface area (Å²) in [6.45, 7) is 0.511. The predicted molar refractivity (Wildman–Crippen MR) is 65.7 cm³/mol. The van der Waals surface area contributed by atoms with E-state index in [0.717, 1.165) is 5.56 Å². The maximum absolute atomic E-state index is 11.2. The Labute approximate surface area is 100 Å². The first-order valence-electron chi connectivity index (χ1n) is 5.63. The molecule has 0 aliphatic heterocycles. The molecule has 0 saturated carbocycles. The number of hydrogen-bond donors (Lipinski definition) is 1. The average molecular weight is 229 g/mol. The number of aliphatic carboxylic acids is 1. The van der Waals surface area contributed by atoms with Gasteiger partial charge in [0.05, 0.1) is 5.92 Å². The summed E-state index contributed by atoms with van der Waals surface area (Å²) in [7, 11) is 0. The van der Waals surface area contributed by atoms with E-state index in [2.05, 4.69) is 0 Å². The zero-order valence-corrected chi connectivity index (χ0v) is 9.49. The molecule has 1 atom stereocenters. The van der Waals surface area contributed by atoms with Gasteiger partial charge in [0.15, 0.2) is 0 Å². The molecule has 1 N–H and O–H groups in total. The van der Waals surface area contributed by atoms with Crippen LogP contribution in [0.1, 0.15) is 5.56 Å². The van der Waals surface area contributed by atoms with Crippen LogP contribution in [0.2, 0.25) is 0 Å². The number of carboxylic acids is 1. The summed E-state index contributed by atoms with van der Waals surface area (Å²) in [6, 6.07) is 13.5. The van der Waals surface area contributed by atoms with E-state index < -0.39 is 5.97 Å². The highest BCUT2D eigenvalue weighted by Crippen LogP contribution is 2.11. The molecule has 1 aromatic heterocycles. The van der Waals surface area contributed by atoms with Gasteiger partial charge in [-0.25, -0.2) is 0 Å². The van der Waals surface area contributed by atoms with Gasteiger partial charge in [0.2, 0.25) is 0 Å². The van der Waals surface area contributed by atoms with Gasteiger partial charge in [0.25, 0.3) is 0 Å². The molecule has 3 heteroatoms. The highest BCUT2D eigenvalue weighted by molar-refractivity contribution is 5.70. The fourth-order valence-electron chi connectivity index (χ4n) is 1.87. The van der Waals surface area contributed by atoms with E-state index in [1.165, 1.54) is 0 Å². The van der Waals surface area contributed by atoms with Crippen LogP contribution in [0, 0.1) is 5.92 Å². The van der Waals surface area contributed by atoms with Gasteiger partial charge in [0, 0.05) is 18.9 Å². The fourth-order valence-corrected chi connectivity index (χ4v) is 1.87. The third-order valence-corrected chi connectivity index (χ3v) is 2.77. The van der Waals surface area contributed by atoms with Crippen LogP contribution in [0.15, 0.2) is 54.9 Å². The Balaban J connectivity index is 2.06. The second-order valence-electron chi connectivity index (χ2n) is 4.10. The van der Waals surface area contributed by atoms with Gasteiger partial charge in [0.1, 0.15) is 0 Å². The Bertz CT molecular complexity index is 462. The molecule has 3 nitrogen and oxygen atoms in total. The molecule has 1 aromatic carbocycles. The summed E-state index contributed by atoms with van der Waals surface area (Å²) in [5, 5.41) is 9.22. The molecule has 0 radical (unpaired) electrons. The van der Waals surface area contributed by atoms with E-state index in [4.69, 9.17) is 0 Å². The van der Waals surface area contributed by atoms with Gasteiger partial charge in [-0.2, -0.15) is 0 Å². The first-order chi connectivity index (χ1) is 8.25. The van der Waals surface area contributed by atoms with E-state index in [-0.39, 0.29) is 5.92 Å². The van der Waals surface area contributed by atoms with Crippen LogP contribution in [-0.2, 0) is 17.8 Å². The Morgan fingerprint density at radius 2 is 1.76 bits per heavy atom. The number of carbonyl (C=O) groups is 1. The summed E-state index contributed by atoms with van der Waals surface area (Å²) < 4.78 is 1.90. The van der Waals surface area contributed by atoms with E-state index in [0.29, 0.717) is 13.0 Å². The van der Waals surface area contributed by atoms with Crippen molar-refractivity contribution in [3.8, 4) is 0 Å². The second-order valence-corrected chi connectivity index (χ2v) is 4.10. The maximum atomic E-state index is 11.2. The Kier molecular flexibility index (Phi) is 3.60. The van der Waals surface area contributed by atoms with Crippen molar-refractivity contribution >= 4 is 5.97 Å². The van der Waals surface area contributed by atoms with E-state index in [1.807, 2.05) is 59.4 Å². The van der Waals surface area contributed by atoms with E-state index >= 15 is 0 Å². The lowest BCUT2D eigenvalue weighted by Crippen LogP contribution is -2.21. The van der Waals surface area contributed by atoms with Crippen molar-refractivity contribution in [3.63, 3.8) is 0 Å². The number of nitrogens with zero attached hydrogens (tertiary/aromatic N) is 1. The topological polar surface area (TPSA) is 42.2 Å². The molecular formula is C14H15NO2. The van der Waals surface area contributed by atoms with Crippen LogP contribution in [0.5, 0.6) is 0 Å². The van der Waals surface area contributed by atoms with Crippen LogP contribution in [-0.4, -0.2) is 15.6 Å². The smallest absolute Gasteiger partial charge is 0.308 e. The molecule has 17 heavy (non-hydrogen) atoms. The van der Waals surface area contributed by atoms with Gasteiger partial charge in [-0.1, -0.05) is 30.3 Å². The number of aromatic nitrogens is 1. The van der Waals surface area contributed by atoms with Crippen LogP contribution in [0.3, 0.4) is 0 Å². The van der Waals surface area contributed by atoms with Crippen LogP contribution in [0.4, 0.5) is 0 Å². The van der Waals surface area contributed by atoms with Crippen molar-refractivity contribution in [1.29, 1.82) is 0 Å². The van der Waals surface area contributed by atoms with Crippen molar-refractivity contribution in [2.45, 2.75) is 13.0 Å². The highest BCUT2D eigenvalue weighted by Gasteiger charge is 2.18. The molecule has 1 unspecified atom stereocenters. The number of carboxylic acid groups (broad SMARTS) is 1. The number of hydrogen-bond acceptors (Lipinski definition) is 1. The Hall–Kier alpha value is -2.03. The fraction of sp³-hybridized carbons (Fsp3) is 0.214. The maximum Gasteiger partial charge on any atom is 0.308 e. The molecule has 88 valence electrons. The van der Waals surface area contributed by atoms with Crippen molar-refractivity contribution in [2.75, 3.05) is 0 Å². The van der Waals surface area contributed by atoms with Crippen molar-refractivity contribution < 1.29 is 9.90 Å². The highest BCUT2D eigenvalue weighted by atomic mass is 16.4. The van der Waals surface area contributed by atoms with Gasteiger partial charge < -0.3 is 9.67 Å². The standard InChI is InChI=1S/C14H15NO2/c16-14(17)13(11-15-8-4-5-9-15)10-12-6-2-1-3-7-12/h1-9,13H,10-11H2,(H,16,17). The molecule has 1 heterocycles. The van der Waals surface area contributed by atoms with Gasteiger partial charge in [-0.05, 0) is 24.1 Å². The quantitative estimate of drug-likeness (QED) is 0.855. The molecule has 2 rings (SSSR count). The SMILES string of the molecule is O=C(O)C(Cc1ccccc1)Cn1cccc1. The lowest BCUT2D eigenvalue weighted by atomic mass is 9.99. The summed E-state index contributed by atoms with van der Waals surface area (Å²) in [5.74, 6) is -1.13. The largest absolute Gasteiger partial charge is 0.481 e. The average Bonchev–Trinajstić information content (AvgIpc) is 2.82. The molecule has 0 saturated heterocycles.